The molecule has 4 unspecified atom stereocenters. The Morgan fingerprint density at radius 1 is 1.30 bits per heavy atom. The van der Waals surface area contributed by atoms with Gasteiger partial charge in [-0.15, -0.1) is 0 Å². The molecule has 3 nitrogen and oxygen atoms in total. The summed E-state index contributed by atoms with van der Waals surface area (Å²) in [6, 6.07) is 9.81. The van der Waals surface area contributed by atoms with Crippen LogP contribution in [0.2, 0.25) is 0 Å². The number of rotatable bonds is 5. The van der Waals surface area contributed by atoms with Gasteiger partial charge in [-0.25, -0.2) is 0 Å². The fourth-order valence-corrected chi connectivity index (χ4v) is 4.01. The molecule has 20 heavy (non-hydrogen) atoms. The van der Waals surface area contributed by atoms with Crippen LogP contribution in [0.5, 0.6) is 5.75 Å². The molecule has 2 fully saturated rings. The van der Waals surface area contributed by atoms with Crippen LogP contribution >= 0.6 is 0 Å². The standard InChI is InChI=1S/C17H26N2O/c1-3-16(18)17(13-5-8-15(20-2)9-6-13)19-11-12-4-7-14(19)10-12/h5-6,8-9,12,14,16-17H,3-4,7,10-11,18H2,1-2H3. The highest BCUT2D eigenvalue weighted by Crippen LogP contribution is 2.43. The highest BCUT2D eigenvalue weighted by atomic mass is 16.5. The van der Waals surface area contributed by atoms with Gasteiger partial charge in [0.15, 0.2) is 0 Å². The Morgan fingerprint density at radius 2 is 2.05 bits per heavy atom. The van der Waals surface area contributed by atoms with E-state index in [-0.39, 0.29) is 6.04 Å². The van der Waals surface area contributed by atoms with Gasteiger partial charge in [-0.05, 0) is 49.3 Å². The highest BCUT2D eigenvalue weighted by Gasteiger charge is 2.42. The van der Waals surface area contributed by atoms with E-state index in [9.17, 15) is 0 Å². The van der Waals surface area contributed by atoms with E-state index < -0.39 is 0 Å². The Kier molecular flexibility index (Phi) is 3.99. The molecule has 1 aromatic rings. The molecule has 0 aromatic heterocycles. The molecule has 3 heteroatoms. The molecule has 0 spiro atoms. The Labute approximate surface area is 122 Å². The predicted molar refractivity (Wildman–Crippen MR) is 81.8 cm³/mol. The van der Waals surface area contributed by atoms with Crippen LogP contribution in [0.4, 0.5) is 0 Å². The normalized spacial score (nSPS) is 28.6. The van der Waals surface area contributed by atoms with Crippen molar-refractivity contribution >= 4 is 0 Å². The molecule has 1 aromatic carbocycles. The number of ether oxygens (including phenoxy) is 1. The molecule has 2 bridgehead atoms. The summed E-state index contributed by atoms with van der Waals surface area (Å²) in [7, 11) is 1.71. The quantitative estimate of drug-likeness (QED) is 0.897. The van der Waals surface area contributed by atoms with E-state index in [0.717, 1.165) is 24.1 Å². The molecule has 2 aliphatic rings. The van der Waals surface area contributed by atoms with Crippen LogP contribution in [-0.2, 0) is 0 Å². The van der Waals surface area contributed by atoms with Gasteiger partial charge in [0.25, 0.3) is 0 Å². The van der Waals surface area contributed by atoms with Gasteiger partial charge in [0.1, 0.15) is 5.75 Å². The number of likely N-dealkylation sites (tertiary alicyclic amines) is 1. The Morgan fingerprint density at radius 3 is 2.55 bits per heavy atom. The maximum atomic E-state index is 6.46. The molecular formula is C17H26N2O. The van der Waals surface area contributed by atoms with Crippen molar-refractivity contribution in [2.24, 2.45) is 11.7 Å². The molecule has 1 aliphatic carbocycles. The molecular weight excluding hydrogens is 248 g/mol. The topological polar surface area (TPSA) is 38.5 Å². The van der Waals surface area contributed by atoms with E-state index in [4.69, 9.17) is 10.5 Å². The van der Waals surface area contributed by atoms with Gasteiger partial charge >= 0.3 is 0 Å². The van der Waals surface area contributed by atoms with Crippen LogP contribution in [0.25, 0.3) is 0 Å². The first-order chi connectivity index (χ1) is 9.72. The molecule has 0 radical (unpaired) electrons. The third-order valence-corrected chi connectivity index (χ3v) is 5.14. The second-order valence-corrected chi connectivity index (χ2v) is 6.32. The van der Waals surface area contributed by atoms with Crippen molar-refractivity contribution in [3.63, 3.8) is 0 Å². The highest BCUT2D eigenvalue weighted by molar-refractivity contribution is 5.30. The lowest BCUT2D eigenvalue weighted by Crippen LogP contribution is -2.44. The zero-order valence-electron chi connectivity index (χ0n) is 12.6. The molecule has 0 amide bonds. The van der Waals surface area contributed by atoms with Crippen molar-refractivity contribution in [3.8, 4) is 5.75 Å². The Balaban J connectivity index is 1.85. The van der Waals surface area contributed by atoms with Gasteiger partial charge in [0.2, 0.25) is 0 Å². The monoisotopic (exact) mass is 274 g/mol. The van der Waals surface area contributed by atoms with Gasteiger partial charge < -0.3 is 10.5 Å². The Bertz CT molecular complexity index is 445. The largest absolute Gasteiger partial charge is 0.497 e. The number of fused-ring (bicyclic) bond motifs is 2. The fourth-order valence-electron chi connectivity index (χ4n) is 4.01. The first-order valence-corrected chi connectivity index (χ1v) is 7.88. The minimum Gasteiger partial charge on any atom is -0.497 e. The molecule has 1 saturated carbocycles. The van der Waals surface area contributed by atoms with E-state index >= 15 is 0 Å². The van der Waals surface area contributed by atoms with E-state index in [0.29, 0.717) is 6.04 Å². The summed E-state index contributed by atoms with van der Waals surface area (Å²) in [5.74, 6) is 1.82. The van der Waals surface area contributed by atoms with Crippen molar-refractivity contribution in [2.75, 3.05) is 13.7 Å². The van der Waals surface area contributed by atoms with Crippen LogP contribution in [0, 0.1) is 5.92 Å². The summed E-state index contributed by atoms with van der Waals surface area (Å²) in [4.78, 5) is 2.67. The van der Waals surface area contributed by atoms with Crippen LogP contribution in [0.3, 0.4) is 0 Å². The second-order valence-electron chi connectivity index (χ2n) is 6.32. The summed E-state index contributed by atoms with van der Waals surface area (Å²) in [5.41, 5.74) is 7.80. The molecule has 1 saturated heterocycles. The van der Waals surface area contributed by atoms with Crippen LogP contribution < -0.4 is 10.5 Å². The number of nitrogens with two attached hydrogens (primary N) is 1. The first kappa shape index (κ1) is 13.9. The lowest BCUT2D eigenvalue weighted by atomic mass is 9.94. The van der Waals surface area contributed by atoms with Crippen LogP contribution in [0.1, 0.15) is 44.2 Å². The predicted octanol–water partition coefficient (Wildman–Crippen LogP) is 2.96. The molecule has 3 rings (SSSR count). The summed E-state index contributed by atoms with van der Waals surface area (Å²) in [6.07, 6.45) is 5.17. The second kappa shape index (κ2) is 5.74. The van der Waals surface area contributed by atoms with E-state index in [1.807, 2.05) is 0 Å². The van der Waals surface area contributed by atoms with Gasteiger partial charge in [-0.2, -0.15) is 0 Å². The zero-order chi connectivity index (χ0) is 14.1. The van der Waals surface area contributed by atoms with Crippen molar-refractivity contribution in [3.05, 3.63) is 29.8 Å². The molecule has 110 valence electrons. The average Bonchev–Trinajstić information content (AvgIpc) is 3.11. The SMILES string of the molecule is CCC(N)C(c1ccc(OC)cc1)N1CC2CCC1C2. The van der Waals surface area contributed by atoms with E-state index in [1.165, 1.54) is 31.4 Å². The summed E-state index contributed by atoms with van der Waals surface area (Å²) in [6.45, 7) is 3.42. The van der Waals surface area contributed by atoms with E-state index in [1.54, 1.807) is 7.11 Å². The lowest BCUT2D eigenvalue weighted by molar-refractivity contribution is 0.127. The first-order valence-electron chi connectivity index (χ1n) is 7.88. The number of hydrogen-bond acceptors (Lipinski definition) is 3. The minimum absolute atomic E-state index is 0.211. The van der Waals surface area contributed by atoms with Gasteiger partial charge in [0, 0.05) is 18.6 Å². The fraction of sp³-hybridized carbons (Fsp3) is 0.647. The van der Waals surface area contributed by atoms with Crippen LogP contribution in [-0.4, -0.2) is 30.6 Å². The zero-order valence-corrected chi connectivity index (χ0v) is 12.6. The number of benzene rings is 1. The smallest absolute Gasteiger partial charge is 0.118 e. The summed E-state index contributed by atoms with van der Waals surface area (Å²) in [5, 5.41) is 0. The van der Waals surface area contributed by atoms with Crippen molar-refractivity contribution in [1.82, 2.24) is 4.90 Å². The third kappa shape index (κ3) is 2.45. The van der Waals surface area contributed by atoms with Crippen molar-refractivity contribution in [2.45, 2.75) is 50.7 Å². The maximum absolute atomic E-state index is 6.46. The molecule has 1 heterocycles. The Hall–Kier alpha value is -1.06. The van der Waals surface area contributed by atoms with E-state index in [2.05, 4.69) is 36.1 Å². The minimum atomic E-state index is 0.211. The van der Waals surface area contributed by atoms with Crippen molar-refractivity contribution < 1.29 is 4.74 Å². The lowest BCUT2D eigenvalue weighted by Gasteiger charge is -2.38. The molecule has 2 N–H and O–H groups in total. The number of piperidine rings is 1. The van der Waals surface area contributed by atoms with Gasteiger partial charge in [0.05, 0.1) is 13.2 Å². The van der Waals surface area contributed by atoms with Crippen molar-refractivity contribution in [1.29, 1.82) is 0 Å². The molecule has 1 aliphatic heterocycles. The van der Waals surface area contributed by atoms with Gasteiger partial charge in [-0.3, -0.25) is 4.90 Å². The number of nitrogens with zero attached hydrogens (tertiary/aromatic N) is 1. The van der Waals surface area contributed by atoms with Gasteiger partial charge in [-0.1, -0.05) is 19.1 Å². The third-order valence-electron chi connectivity index (χ3n) is 5.14. The summed E-state index contributed by atoms with van der Waals surface area (Å²) < 4.78 is 5.27. The van der Waals surface area contributed by atoms with Crippen LogP contribution in [0.15, 0.2) is 24.3 Å². The number of methoxy groups -OCH3 is 1. The summed E-state index contributed by atoms with van der Waals surface area (Å²) >= 11 is 0. The number of hydrogen-bond donors (Lipinski definition) is 1. The maximum Gasteiger partial charge on any atom is 0.118 e. The molecule has 4 atom stereocenters. The average molecular weight is 274 g/mol.